The van der Waals surface area contributed by atoms with E-state index in [4.69, 9.17) is 11.6 Å². The second kappa shape index (κ2) is 15.0. The highest BCUT2D eigenvalue weighted by Crippen LogP contribution is 2.27. The minimum absolute atomic E-state index is 0.0411. The highest BCUT2D eigenvalue weighted by molar-refractivity contribution is 7.92. The molecule has 2 amide bonds. The number of hydrogen-bond acceptors (Lipinski definition) is 4. The zero-order valence-electron chi connectivity index (χ0n) is 26.2. The fourth-order valence-electron chi connectivity index (χ4n) is 5.88. The molecule has 0 radical (unpaired) electrons. The van der Waals surface area contributed by atoms with Gasteiger partial charge in [-0.1, -0.05) is 91.2 Å². The molecule has 4 aromatic rings. The van der Waals surface area contributed by atoms with Crippen molar-refractivity contribution >= 4 is 39.1 Å². The van der Waals surface area contributed by atoms with Crippen molar-refractivity contribution in [2.75, 3.05) is 10.8 Å². The van der Waals surface area contributed by atoms with Crippen LogP contribution in [0.15, 0.2) is 108 Å². The maximum absolute atomic E-state index is 14.6. The van der Waals surface area contributed by atoms with Gasteiger partial charge < -0.3 is 10.2 Å². The van der Waals surface area contributed by atoms with Gasteiger partial charge in [0.05, 0.1) is 10.6 Å². The Hall–Kier alpha value is -4.14. The van der Waals surface area contributed by atoms with Crippen LogP contribution >= 0.6 is 11.6 Å². The standard InChI is InChI=1S/C37H40ClN3O4S/c1-27-20-21-33(22-28(27)2)41(46(44,45)34-18-7-4-8-19-34)26-36(42)40(25-30-14-11-15-31(38)23-30)35(24-29-12-5-3-6-13-29)37(43)39-32-16-9-10-17-32/h3-8,11-15,18-23,32,35H,9-10,16-17,24-26H2,1-2H3,(H,39,43)/t35-/m1/s1. The lowest BCUT2D eigenvalue weighted by Crippen LogP contribution is -2.54. The minimum Gasteiger partial charge on any atom is -0.352 e. The number of nitrogens with one attached hydrogen (secondary N) is 1. The predicted molar refractivity (Wildman–Crippen MR) is 183 cm³/mol. The monoisotopic (exact) mass is 657 g/mol. The molecule has 46 heavy (non-hydrogen) atoms. The van der Waals surface area contributed by atoms with Crippen LogP contribution in [0.5, 0.6) is 0 Å². The van der Waals surface area contributed by atoms with Gasteiger partial charge in [-0.2, -0.15) is 0 Å². The molecular weight excluding hydrogens is 618 g/mol. The summed E-state index contributed by atoms with van der Waals surface area (Å²) in [6.45, 7) is 3.43. The third kappa shape index (κ3) is 8.17. The lowest BCUT2D eigenvalue weighted by Gasteiger charge is -2.34. The summed E-state index contributed by atoms with van der Waals surface area (Å²) in [6, 6.07) is 29.3. The predicted octanol–water partition coefficient (Wildman–Crippen LogP) is 6.85. The highest BCUT2D eigenvalue weighted by atomic mass is 35.5. The summed E-state index contributed by atoms with van der Waals surface area (Å²) in [4.78, 5) is 30.3. The van der Waals surface area contributed by atoms with Crippen LogP contribution in [0.4, 0.5) is 5.69 Å². The largest absolute Gasteiger partial charge is 0.352 e. The van der Waals surface area contributed by atoms with Crippen LogP contribution < -0.4 is 9.62 Å². The molecule has 7 nitrogen and oxygen atoms in total. The Kier molecular flexibility index (Phi) is 10.8. The molecule has 5 rings (SSSR count). The molecule has 1 saturated carbocycles. The van der Waals surface area contributed by atoms with Crippen molar-refractivity contribution in [2.24, 2.45) is 0 Å². The van der Waals surface area contributed by atoms with E-state index in [9.17, 15) is 18.0 Å². The summed E-state index contributed by atoms with van der Waals surface area (Å²) < 4.78 is 29.5. The van der Waals surface area contributed by atoms with E-state index in [0.29, 0.717) is 10.7 Å². The van der Waals surface area contributed by atoms with Gasteiger partial charge in [0.25, 0.3) is 10.0 Å². The zero-order valence-corrected chi connectivity index (χ0v) is 27.8. The number of halogens is 1. The lowest BCUT2D eigenvalue weighted by atomic mass is 10.0. The smallest absolute Gasteiger partial charge is 0.264 e. The number of carbonyl (C=O) groups is 2. The van der Waals surface area contributed by atoms with E-state index in [0.717, 1.165) is 52.2 Å². The van der Waals surface area contributed by atoms with Gasteiger partial charge >= 0.3 is 0 Å². The Morgan fingerprint density at radius 1 is 0.826 bits per heavy atom. The number of sulfonamides is 1. The van der Waals surface area contributed by atoms with Crippen LogP contribution in [-0.2, 0) is 32.6 Å². The Bertz CT molecular complexity index is 1760. The second-order valence-corrected chi connectivity index (χ2v) is 14.2. The zero-order chi connectivity index (χ0) is 32.7. The number of nitrogens with zero attached hydrogens (tertiary/aromatic N) is 2. The quantitative estimate of drug-likeness (QED) is 0.181. The summed E-state index contributed by atoms with van der Waals surface area (Å²) in [6.07, 6.45) is 4.13. The van der Waals surface area contributed by atoms with Gasteiger partial charge in [0, 0.05) is 24.0 Å². The molecule has 0 aromatic heterocycles. The summed E-state index contributed by atoms with van der Waals surface area (Å²) in [5.74, 6) is -0.755. The summed E-state index contributed by atoms with van der Waals surface area (Å²) >= 11 is 6.34. The molecule has 1 fully saturated rings. The molecule has 1 aliphatic carbocycles. The average molecular weight is 658 g/mol. The van der Waals surface area contributed by atoms with Crippen LogP contribution in [0.25, 0.3) is 0 Å². The summed E-state index contributed by atoms with van der Waals surface area (Å²) in [7, 11) is -4.15. The molecule has 4 aromatic carbocycles. The van der Waals surface area contributed by atoms with Gasteiger partial charge in [0.15, 0.2) is 0 Å². The average Bonchev–Trinajstić information content (AvgIpc) is 3.56. The van der Waals surface area contributed by atoms with Gasteiger partial charge in [-0.05, 0) is 85.3 Å². The third-order valence-electron chi connectivity index (χ3n) is 8.60. The molecule has 0 bridgehead atoms. The Morgan fingerprint density at radius 3 is 2.13 bits per heavy atom. The van der Waals surface area contributed by atoms with Gasteiger partial charge in [-0.15, -0.1) is 0 Å². The summed E-state index contributed by atoms with van der Waals surface area (Å²) in [5, 5.41) is 3.70. The lowest BCUT2D eigenvalue weighted by molar-refractivity contribution is -0.140. The van der Waals surface area contributed by atoms with E-state index >= 15 is 0 Å². The molecule has 0 saturated heterocycles. The van der Waals surface area contributed by atoms with Crippen molar-refractivity contribution in [1.82, 2.24) is 10.2 Å². The molecule has 1 atom stereocenters. The molecule has 0 spiro atoms. The van der Waals surface area contributed by atoms with Crippen LogP contribution in [0, 0.1) is 13.8 Å². The maximum atomic E-state index is 14.6. The normalized spacial score (nSPS) is 14.1. The van der Waals surface area contributed by atoms with Crippen molar-refractivity contribution in [2.45, 2.75) is 69.5 Å². The number of carbonyl (C=O) groups excluding carboxylic acids is 2. The molecule has 1 N–H and O–H groups in total. The first-order chi connectivity index (χ1) is 22.1. The molecule has 9 heteroatoms. The highest BCUT2D eigenvalue weighted by Gasteiger charge is 2.35. The van der Waals surface area contributed by atoms with Crippen molar-refractivity contribution < 1.29 is 18.0 Å². The van der Waals surface area contributed by atoms with Crippen LogP contribution in [0.2, 0.25) is 5.02 Å². The number of rotatable bonds is 12. The van der Waals surface area contributed by atoms with Crippen molar-refractivity contribution in [1.29, 1.82) is 0 Å². The maximum Gasteiger partial charge on any atom is 0.264 e. The summed E-state index contributed by atoms with van der Waals surface area (Å²) in [5.41, 5.74) is 3.89. The van der Waals surface area contributed by atoms with Crippen molar-refractivity contribution in [3.8, 4) is 0 Å². The van der Waals surface area contributed by atoms with Crippen LogP contribution in [0.1, 0.15) is 47.9 Å². The van der Waals surface area contributed by atoms with Gasteiger partial charge in [0.2, 0.25) is 11.8 Å². The number of hydrogen-bond donors (Lipinski definition) is 1. The van der Waals surface area contributed by atoms with E-state index in [1.807, 2.05) is 56.3 Å². The SMILES string of the molecule is Cc1ccc(N(CC(=O)N(Cc2cccc(Cl)c2)[C@H](Cc2ccccc2)C(=O)NC2CCCC2)S(=O)(=O)c2ccccc2)cc1C. The molecule has 0 aliphatic heterocycles. The molecular formula is C37H40ClN3O4S. The number of aryl methyl sites for hydroxylation is 2. The number of anilines is 1. The van der Waals surface area contributed by atoms with Crippen molar-refractivity contribution in [3.63, 3.8) is 0 Å². The van der Waals surface area contributed by atoms with Crippen LogP contribution in [-0.4, -0.2) is 43.8 Å². The van der Waals surface area contributed by atoms with Gasteiger partial charge in [0.1, 0.15) is 12.6 Å². The van der Waals surface area contributed by atoms with E-state index in [2.05, 4.69) is 5.32 Å². The molecule has 1 aliphatic rings. The number of amides is 2. The molecule has 0 unspecified atom stereocenters. The van der Waals surface area contributed by atoms with Crippen LogP contribution in [0.3, 0.4) is 0 Å². The Balaban J connectivity index is 1.57. The van der Waals surface area contributed by atoms with E-state index in [1.165, 1.54) is 17.0 Å². The first kappa shape index (κ1) is 33.2. The Labute approximate surface area is 277 Å². The Morgan fingerprint density at radius 2 is 1.48 bits per heavy atom. The third-order valence-corrected chi connectivity index (χ3v) is 10.6. The second-order valence-electron chi connectivity index (χ2n) is 11.9. The van der Waals surface area contributed by atoms with Gasteiger partial charge in [-0.3, -0.25) is 13.9 Å². The van der Waals surface area contributed by atoms with E-state index < -0.39 is 28.5 Å². The topological polar surface area (TPSA) is 86.8 Å². The molecule has 0 heterocycles. The van der Waals surface area contributed by atoms with E-state index in [1.54, 1.807) is 48.5 Å². The minimum atomic E-state index is -4.15. The van der Waals surface area contributed by atoms with Crippen molar-refractivity contribution in [3.05, 3.63) is 130 Å². The fraction of sp³-hybridized carbons (Fsp3) is 0.297. The fourth-order valence-corrected chi connectivity index (χ4v) is 7.52. The number of benzene rings is 4. The first-order valence-corrected chi connectivity index (χ1v) is 17.5. The molecule has 240 valence electrons. The van der Waals surface area contributed by atoms with E-state index in [-0.39, 0.29) is 29.8 Å². The van der Waals surface area contributed by atoms with Gasteiger partial charge in [-0.25, -0.2) is 8.42 Å². The first-order valence-electron chi connectivity index (χ1n) is 15.6.